The van der Waals surface area contributed by atoms with Gasteiger partial charge in [-0.25, -0.2) is 9.59 Å². The fraction of sp³-hybridized carbons (Fsp3) is 0.448. The fourth-order valence-corrected chi connectivity index (χ4v) is 4.88. The number of carbonyl (C=O) groups is 2. The number of hydrogen-bond donors (Lipinski definition) is 4. The van der Waals surface area contributed by atoms with Crippen LogP contribution in [0.15, 0.2) is 48.5 Å². The van der Waals surface area contributed by atoms with Crippen LogP contribution >= 0.6 is 11.3 Å². The van der Waals surface area contributed by atoms with Crippen LogP contribution < -0.4 is 21.3 Å². The number of hydrogen-bond acceptors (Lipinski definition) is 7. The fourth-order valence-electron chi connectivity index (χ4n) is 3.70. The molecule has 0 aliphatic carbocycles. The van der Waals surface area contributed by atoms with Gasteiger partial charge in [0, 0.05) is 29.2 Å². The molecule has 3 rings (SSSR count). The van der Waals surface area contributed by atoms with Crippen LogP contribution in [0.2, 0.25) is 0 Å². The molecular formula is C29H40N4O4S. The van der Waals surface area contributed by atoms with Gasteiger partial charge in [0.25, 0.3) is 0 Å². The summed E-state index contributed by atoms with van der Waals surface area (Å²) < 4.78 is 12.0. The van der Waals surface area contributed by atoms with Crippen LogP contribution in [0.3, 0.4) is 0 Å². The number of rotatable bonds is 9. The minimum atomic E-state index is -0.884. The molecule has 1 heterocycles. The van der Waals surface area contributed by atoms with E-state index in [1.54, 1.807) is 41.5 Å². The zero-order valence-corrected chi connectivity index (χ0v) is 24.2. The summed E-state index contributed by atoms with van der Waals surface area (Å²) in [5, 5.41) is 13.3. The molecule has 0 spiro atoms. The van der Waals surface area contributed by atoms with Crippen molar-refractivity contribution in [2.45, 2.75) is 85.6 Å². The molecule has 2 amide bonds. The second kappa shape index (κ2) is 12.6. The first-order valence-electron chi connectivity index (χ1n) is 12.8. The zero-order chi connectivity index (χ0) is 27.9. The molecule has 0 atom stereocenters. The molecule has 38 heavy (non-hydrogen) atoms. The van der Waals surface area contributed by atoms with Crippen molar-refractivity contribution in [3.05, 3.63) is 70.1 Å². The van der Waals surface area contributed by atoms with Gasteiger partial charge in [-0.2, -0.15) is 0 Å². The van der Waals surface area contributed by atoms with E-state index in [0.717, 1.165) is 18.7 Å². The summed E-state index contributed by atoms with van der Waals surface area (Å²) in [6, 6.07) is 16.7. The predicted molar refractivity (Wildman–Crippen MR) is 153 cm³/mol. The highest BCUT2D eigenvalue weighted by Gasteiger charge is 2.23. The van der Waals surface area contributed by atoms with Gasteiger partial charge in [0.05, 0.1) is 0 Å². The van der Waals surface area contributed by atoms with Gasteiger partial charge >= 0.3 is 12.2 Å². The Labute approximate surface area is 229 Å². The van der Waals surface area contributed by atoms with E-state index in [4.69, 9.17) is 9.47 Å². The Morgan fingerprint density at radius 1 is 0.789 bits per heavy atom. The lowest BCUT2D eigenvalue weighted by Gasteiger charge is -2.26. The Morgan fingerprint density at radius 3 is 1.84 bits per heavy atom. The Bertz CT molecular complexity index is 1200. The van der Waals surface area contributed by atoms with E-state index in [9.17, 15) is 9.59 Å². The third kappa shape index (κ3) is 9.63. The number of carbonyl (C=O) groups excluding carboxylic acids is 2. The van der Waals surface area contributed by atoms with E-state index in [-0.39, 0.29) is 0 Å². The minimum absolute atomic E-state index is 0.408. The van der Waals surface area contributed by atoms with Crippen LogP contribution in [0.25, 0.3) is 10.1 Å². The molecule has 0 fully saturated rings. The minimum Gasteiger partial charge on any atom is -0.444 e. The number of fused-ring (bicyclic) bond motifs is 1. The van der Waals surface area contributed by atoms with Crippen molar-refractivity contribution in [2.75, 3.05) is 0 Å². The largest absolute Gasteiger partial charge is 0.444 e. The van der Waals surface area contributed by atoms with Crippen molar-refractivity contribution in [1.82, 2.24) is 21.3 Å². The lowest BCUT2D eigenvalue weighted by atomic mass is 10.1. The summed E-state index contributed by atoms with van der Waals surface area (Å²) in [6.07, 6.45) is -2.19. The molecule has 206 valence electrons. The summed E-state index contributed by atoms with van der Waals surface area (Å²) in [4.78, 5) is 25.9. The predicted octanol–water partition coefficient (Wildman–Crippen LogP) is 5.92. The Hall–Kier alpha value is -3.14. The number of alkyl carbamates (subject to hydrolysis) is 2. The first kappa shape index (κ1) is 29.4. The number of thiophene rings is 1. The molecule has 0 saturated carbocycles. The molecule has 0 unspecified atom stereocenters. The average Bonchev–Trinajstić information content (AvgIpc) is 3.11. The van der Waals surface area contributed by atoms with Gasteiger partial charge in [-0.1, -0.05) is 42.5 Å². The number of nitrogens with one attached hydrogen (secondary N) is 4. The van der Waals surface area contributed by atoms with Gasteiger partial charge in [0.1, 0.15) is 11.2 Å². The van der Waals surface area contributed by atoms with Gasteiger partial charge in [0.15, 0.2) is 6.29 Å². The standard InChI is InChI=1S/C29H40N4O4S/c1-19-22-10-8-9-11-23(22)38-24(19)18-30-16-20-12-14-21(15-13-20)17-31-25(32-26(34)36-28(2,3)4)33-27(35)37-29(5,6)7/h8-15,25,30-31H,16-18H2,1-7H3,(H,32,34)(H,33,35). The van der Waals surface area contributed by atoms with E-state index >= 15 is 0 Å². The van der Waals surface area contributed by atoms with Crippen molar-refractivity contribution in [3.8, 4) is 0 Å². The summed E-state index contributed by atoms with van der Waals surface area (Å²) in [5.41, 5.74) is 2.17. The maximum absolute atomic E-state index is 12.3. The molecule has 0 saturated heterocycles. The van der Waals surface area contributed by atoms with Gasteiger partial charge < -0.3 is 14.8 Å². The highest BCUT2D eigenvalue weighted by atomic mass is 32.1. The molecule has 0 aliphatic rings. The lowest BCUT2D eigenvalue weighted by molar-refractivity contribution is 0.0405. The van der Waals surface area contributed by atoms with Crippen molar-refractivity contribution < 1.29 is 19.1 Å². The smallest absolute Gasteiger partial charge is 0.410 e. The number of benzene rings is 2. The van der Waals surface area contributed by atoms with E-state index in [0.29, 0.717) is 6.54 Å². The zero-order valence-electron chi connectivity index (χ0n) is 23.4. The molecule has 0 aliphatic heterocycles. The molecule has 1 aromatic heterocycles. The van der Waals surface area contributed by atoms with Crippen LogP contribution in [-0.2, 0) is 29.1 Å². The average molecular weight is 541 g/mol. The quantitative estimate of drug-likeness (QED) is 0.251. The van der Waals surface area contributed by atoms with Crippen LogP contribution in [0.5, 0.6) is 0 Å². The van der Waals surface area contributed by atoms with Gasteiger partial charge in [-0.3, -0.25) is 16.0 Å². The summed E-state index contributed by atoms with van der Waals surface area (Å²) in [7, 11) is 0. The summed E-state index contributed by atoms with van der Waals surface area (Å²) in [5.74, 6) is 0. The molecule has 0 bridgehead atoms. The van der Waals surface area contributed by atoms with E-state index < -0.39 is 29.7 Å². The maximum Gasteiger partial charge on any atom is 0.410 e. The Kier molecular flexibility index (Phi) is 9.76. The first-order chi connectivity index (χ1) is 17.8. The molecule has 8 nitrogen and oxygen atoms in total. The summed E-state index contributed by atoms with van der Waals surface area (Å²) >= 11 is 1.84. The third-order valence-corrected chi connectivity index (χ3v) is 6.69. The van der Waals surface area contributed by atoms with E-state index in [1.165, 1.54) is 26.1 Å². The van der Waals surface area contributed by atoms with Gasteiger partial charge in [-0.15, -0.1) is 11.3 Å². The van der Waals surface area contributed by atoms with Crippen molar-refractivity contribution in [3.63, 3.8) is 0 Å². The Balaban J connectivity index is 1.53. The number of amides is 2. The monoisotopic (exact) mass is 540 g/mol. The first-order valence-corrected chi connectivity index (χ1v) is 13.6. The van der Waals surface area contributed by atoms with Crippen LogP contribution in [-0.4, -0.2) is 29.7 Å². The molecule has 9 heteroatoms. The molecule has 4 N–H and O–H groups in total. The topological polar surface area (TPSA) is 101 Å². The van der Waals surface area contributed by atoms with Crippen LogP contribution in [0, 0.1) is 6.92 Å². The normalized spacial score (nSPS) is 12.0. The van der Waals surface area contributed by atoms with Crippen LogP contribution in [0.4, 0.5) is 9.59 Å². The lowest BCUT2D eigenvalue weighted by Crippen LogP contribution is -2.57. The maximum atomic E-state index is 12.3. The molecule has 2 aromatic carbocycles. The van der Waals surface area contributed by atoms with Gasteiger partial charge in [-0.05, 0) is 76.6 Å². The number of ether oxygens (including phenoxy) is 2. The third-order valence-electron chi connectivity index (χ3n) is 5.41. The van der Waals surface area contributed by atoms with Crippen molar-refractivity contribution in [1.29, 1.82) is 0 Å². The van der Waals surface area contributed by atoms with E-state index in [1.807, 2.05) is 23.5 Å². The van der Waals surface area contributed by atoms with Crippen molar-refractivity contribution in [2.24, 2.45) is 0 Å². The van der Waals surface area contributed by atoms with Crippen molar-refractivity contribution >= 4 is 33.6 Å². The summed E-state index contributed by atoms with van der Waals surface area (Å²) in [6.45, 7) is 14.8. The second-order valence-electron chi connectivity index (χ2n) is 11.2. The van der Waals surface area contributed by atoms with E-state index in [2.05, 4.69) is 64.6 Å². The Morgan fingerprint density at radius 2 is 1.32 bits per heavy atom. The highest BCUT2D eigenvalue weighted by molar-refractivity contribution is 7.19. The molecular weight excluding hydrogens is 500 g/mol. The highest BCUT2D eigenvalue weighted by Crippen LogP contribution is 2.30. The van der Waals surface area contributed by atoms with Crippen LogP contribution in [0.1, 0.15) is 63.1 Å². The molecule has 0 radical (unpaired) electrons. The van der Waals surface area contributed by atoms with Gasteiger partial charge in [0.2, 0.25) is 0 Å². The second-order valence-corrected chi connectivity index (χ2v) is 12.3. The SMILES string of the molecule is Cc1c(CNCc2ccc(CNC(NC(=O)OC(C)(C)C)NC(=O)OC(C)(C)C)cc2)sc2ccccc12. The number of aryl methyl sites for hydroxylation is 1. The molecule has 3 aromatic rings.